The lowest BCUT2D eigenvalue weighted by molar-refractivity contribution is -0.137. The van der Waals surface area contributed by atoms with Crippen molar-refractivity contribution >= 4 is 18.4 Å². The number of hydrogen-bond acceptors (Lipinski definition) is 5. The van der Waals surface area contributed by atoms with Crippen LogP contribution >= 0.6 is 12.4 Å². The number of nitrogens with one attached hydrogen (secondary N) is 1. The quantitative estimate of drug-likeness (QED) is 0.341. The Hall–Kier alpha value is -3.75. The molecule has 9 heteroatoms. The molecule has 1 atom stereocenters. The Balaban J connectivity index is 0.00000306. The molecule has 170 valence electrons. The number of pyridine rings is 1. The first-order valence-corrected chi connectivity index (χ1v) is 9.98. The molecule has 0 bridgehead atoms. The number of carbonyl (C=O) groups is 1. The third-order valence-electron chi connectivity index (χ3n) is 4.91. The predicted molar refractivity (Wildman–Crippen MR) is 125 cm³/mol. The van der Waals surface area contributed by atoms with Gasteiger partial charge in [-0.3, -0.25) is 9.89 Å². The number of rotatable bonds is 8. The Kier molecular flexibility index (Phi) is 7.76. The Bertz CT molecular complexity index is 1220. The first-order valence-electron chi connectivity index (χ1n) is 9.98. The molecule has 4 aromatic rings. The highest BCUT2D eigenvalue weighted by molar-refractivity contribution is 5.85. The van der Waals surface area contributed by atoms with Crippen LogP contribution in [0, 0.1) is 5.82 Å². The minimum atomic E-state index is -0.985. The normalized spacial score (nSPS) is 11.5. The van der Waals surface area contributed by atoms with Crippen molar-refractivity contribution in [1.29, 1.82) is 0 Å². The van der Waals surface area contributed by atoms with Crippen LogP contribution in [0.2, 0.25) is 0 Å². The fourth-order valence-corrected chi connectivity index (χ4v) is 3.40. The van der Waals surface area contributed by atoms with Crippen molar-refractivity contribution in [2.75, 3.05) is 0 Å². The maximum atomic E-state index is 14.7. The molecular formula is C24H22ClFN4O3. The zero-order chi connectivity index (χ0) is 22.5. The number of nitrogens with two attached hydrogens (primary N) is 1. The van der Waals surface area contributed by atoms with Gasteiger partial charge in [-0.15, -0.1) is 12.4 Å². The average Bonchev–Trinajstić information content (AvgIpc) is 3.31. The highest BCUT2D eigenvalue weighted by Crippen LogP contribution is 2.32. The van der Waals surface area contributed by atoms with Crippen molar-refractivity contribution in [3.8, 4) is 34.0 Å². The lowest BCUT2D eigenvalue weighted by Crippen LogP contribution is -2.26. The van der Waals surface area contributed by atoms with Gasteiger partial charge in [-0.05, 0) is 47.4 Å². The van der Waals surface area contributed by atoms with Crippen LogP contribution in [0.25, 0.3) is 22.4 Å². The van der Waals surface area contributed by atoms with Crippen LogP contribution in [0.1, 0.15) is 12.0 Å². The fourth-order valence-electron chi connectivity index (χ4n) is 3.40. The lowest BCUT2D eigenvalue weighted by atomic mass is 9.97. The summed E-state index contributed by atoms with van der Waals surface area (Å²) in [6, 6.07) is 17.6. The van der Waals surface area contributed by atoms with E-state index in [1.807, 2.05) is 42.5 Å². The summed E-state index contributed by atoms with van der Waals surface area (Å²) in [4.78, 5) is 15.2. The molecule has 2 heterocycles. The van der Waals surface area contributed by atoms with Crippen LogP contribution in [0.5, 0.6) is 11.6 Å². The van der Waals surface area contributed by atoms with Gasteiger partial charge in [-0.25, -0.2) is 9.37 Å². The van der Waals surface area contributed by atoms with Crippen LogP contribution in [0.3, 0.4) is 0 Å². The van der Waals surface area contributed by atoms with Gasteiger partial charge in [-0.2, -0.15) is 5.10 Å². The highest BCUT2D eigenvalue weighted by atomic mass is 35.5. The molecule has 0 fully saturated rings. The summed E-state index contributed by atoms with van der Waals surface area (Å²) in [6.45, 7) is 0. The SMILES string of the molecule is Cl.NC(CC(=O)O)Cc1cc(-c2ccccc2)ccc1Oc1ncc(-c2ccn[nH]2)cc1F. The number of halogens is 2. The van der Waals surface area contributed by atoms with Crippen molar-refractivity contribution in [2.24, 2.45) is 5.73 Å². The second kappa shape index (κ2) is 10.7. The van der Waals surface area contributed by atoms with Crippen molar-refractivity contribution < 1.29 is 19.0 Å². The fraction of sp³-hybridized carbons (Fsp3) is 0.125. The molecule has 2 aromatic carbocycles. The zero-order valence-electron chi connectivity index (χ0n) is 17.4. The lowest BCUT2D eigenvalue weighted by Gasteiger charge is -2.16. The molecule has 7 nitrogen and oxygen atoms in total. The minimum absolute atomic E-state index is 0. The molecule has 0 radical (unpaired) electrons. The van der Waals surface area contributed by atoms with E-state index in [4.69, 9.17) is 15.6 Å². The molecular weight excluding hydrogens is 447 g/mol. The number of carboxylic acids is 1. The standard InChI is InChI=1S/C24H21FN4O3.ClH/c25-20-12-18(21-8-9-28-29-21)14-27-24(20)32-22-7-6-16(15-4-2-1-3-5-15)10-17(22)11-19(26)13-23(30)31;/h1-10,12,14,19H,11,13,26H2,(H,28,29)(H,30,31);1H. The first-order chi connectivity index (χ1) is 15.5. The molecule has 0 spiro atoms. The molecule has 0 aliphatic carbocycles. The first kappa shape index (κ1) is 23.9. The molecule has 4 N–H and O–H groups in total. The van der Waals surface area contributed by atoms with Gasteiger partial charge >= 0.3 is 5.97 Å². The second-order valence-corrected chi connectivity index (χ2v) is 7.33. The smallest absolute Gasteiger partial charge is 0.304 e. The number of H-pyrrole nitrogens is 1. The van der Waals surface area contributed by atoms with E-state index < -0.39 is 17.8 Å². The number of benzene rings is 2. The van der Waals surface area contributed by atoms with Crippen molar-refractivity contribution in [1.82, 2.24) is 15.2 Å². The van der Waals surface area contributed by atoms with Gasteiger partial charge in [0.15, 0.2) is 5.82 Å². The van der Waals surface area contributed by atoms with E-state index >= 15 is 0 Å². The van der Waals surface area contributed by atoms with Gasteiger partial charge in [0, 0.05) is 24.0 Å². The number of aliphatic carboxylic acids is 1. The number of hydrogen-bond donors (Lipinski definition) is 3. The van der Waals surface area contributed by atoms with Gasteiger partial charge in [0.25, 0.3) is 5.88 Å². The number of carboxylic acid groups (broad SMARTS) is 1. The average molecular weight is 469 g/mol. The second-order valence-electron chi connectivity index (χ2n) is 7.33. The highest BCUT2D eigenvalue weighted by Gasteiger charge is 2.17. The van der Waals surface area contributed by atoms with Crippen molar-refractivity contribution in [3.05, 3.63) is 84.4 Å². The van der Waals surface area contributed by atoms with E-state index in [1.165, 1.54) is 12.3 Å². The topological polar surface area (TPSA) is 114 Å². The van der Waals surface area contributed by atoms with E-state index in [-0.39, 0.29) is 31.1 Å². The summed E-state index contributed by atoms with van der Waals surface area (Å²) in [5.41, 5.74) is 9.77. The number of ether oxygens (including phenoxy) is 1. The third-order valence-corrected chi connectivity index (χ3v) is 4.91. The Morgan fingerprint density at radius 3 is 2.55 bits per heavy atom. The Morgan fingerprint density at radius 2 is 1.88 bits per heavy atom. The molecule has 0 aliphatic rings. The van der Waals surface area contributed by atoms with Crippen LogP contribution < -0.4 is 10.5 Å². The molecule has 33 heavy (non-hydrogen) atoms. The van der Waals surface area contributed by atoms with E-state index in [2.05, 4.69) is 15.2 Å². The summed E-state index contributed by atoms with van der Waals surface area (Å²) in [5.74, 6) is -1.44. The summed E-state index contributed by atoms with van der Waals surface area (Å²) in [5, 5.41) is 15.7. The van der Waals surface area contributed by atoms with E-state index in [0.717, 1.165) is 11.1 Å². The molecule has 2 aromatic heterocycles. The molecule has 0 saturated carbocycles. The van der Waals surface area contributed by atoms with Crippen LogP contribution in [0.4, 0.5) is 4.39 Å². The summed E-state index contributed by atoms with van der Waals surface area (Å²) in [7, 11) is 0. The van der Waals surface area contributed by atoms with E-state index in [9.17, 15) is 9.18 Å². The van der Waals surface area contributed by atoms with Gasteiger partial charge in [-0.1, -0.05) is 36.4 Å². The zero-order valence-corrected chi connectivity index (χ0v) is 18.3. The van der Waals surface area contributed by atoms with Crippen LogP contribution in [-0.4, -0.2) is 32.3 Å². The Labute approximate surface area is 195 Å². The van der Waals surface area contributed by atoms with Crippen molar-refractivity contribution in [3.63, 3.8) is 0 Å². The Morgan fingerprint density at radius 1 is 1.09 bits per heavy atom. The van der Waals surface area contributed by atoms with Gasteiger partial charge in [0.1, 0.15) is 5.75 Å². The number of aromatic amines is 1. The predicted octanol–water partition coefficient (Wildman–Crippen LogP) is 4.84. The number of aromatic nitrogens is 3. The van der Waals surface area contributed by atoms with Crippen LogP contribution in [0.15, 0.2) is 73.1 Å². The molecule has 0 aliphatic heterocycles. The van der Waals surface area contributed by atoms with Gasteiger partial charge < -0.3 is 15.6 Å². The van der Waals surface area contributed by atoms with E-state index in [0.29, 0.717) is 22.6 Å². The molecule has 0 saturated heterocycles. The van der Waals surface area contributed by atoms with Gasteiger partial charge in [0.2, 0.25) is 0 Å². The van der Waals surface area contributed by atoms with E-state index in [1.54, 1.807) is 18.3 Å². The van der Waals surface area contributed by atoms with Crippen molar-refractivity contribution in [2.45, 2.75) is 18.9 Å². The molecule has 1 unspecified atom stereocenters. The maximum absolute atomic E-state index is 14.7. The monoisotopic (exact) mass is 468 g/mol. The molecule has 0 amide bonds. The largest absolute Gasteiger partial charge is 0.481 e. The van der Waals surface area contributed by atoms with Gasteiger partial charge in [0.05, 0.1) is 12.1 Å². The maximum Gasteiger partial charge on any atom is 0.304 e. The van der Waals surface area contributed by atoms with Crippen LogP contribution in [-0.2, 0) is 11.2 Å². The summed E-state index contributed by atoms with van der Waals surface area (Å²) >= 11 is 0. The molecule has 4 rings (SSSR count). The summed E-state index contributed by atoms with van der Waals surface area (Å²) < 4.78 is 20.5. The minimum Gasteiger partial charge on any atom is -0.481 e. The summed E-state index contributed by atoms with van der Waals surface area (Å²) in [6.07, 6.45) is 3.11. The number of nitrogens with zero attached hydrogens (tertiary/aromatic N) is 2. The third kappa shape index (κ3) is 5.94.